The molecule has 5 rings (SSSR count). The highest BCUT2D eigenvalue weighted by molar-refractivity contribution is 5.32. The molecule has 108 valence electrons. The lowest BCUT2D eigenvalue weighted by Gasteiger charge is -2.61. The second-order valence-electron chi connectivity index (χ2n) is 8.22. The van der Waals surface area contributed by atoms with Gasteiger partial charge in [-0.1, -0.05) is 29.8 Å². The standard InChI is InChI=1S/C19H27N/c1-14-3-5-17(6-4-14)19-10-15-7-16(11-19)9-18(8-15,12-19)13-20-2/h3-6,15-16,20H,7-13H2,1-2H3/p+1/t15-,16+,18?,19?. The second kappa shape index (κ2) is 4.34. The fourth-order valence-electron chi connectivity index (χ4n) is 6.37. The Kier molecular flexibility index (Phi) is 2.79. The molecule has 0 heterocycles. The summed E-state index contributed by atoms with van der Waals surface area (Å²) in [6, 6.07) is 9.52. The molecule has 1 aromatic carbocycles. The van der Waals surface area contributed by atoms with Crippen molar-refractivity contribution in [1.82, 2.24) is 0 Å². The average molecular weight is 270 g/mol. The first kappa shape index (κ1) is 12.9. The summed E-state index contributed by atoms with van der Waals surface area (Å²) in [4.78, 5) is 0. The van der Waals surface area contributed by atoms with Gasteiger partial charge >= 0.3 is 0 Å². The number of quaternary nitrogens is 1. The van der Waals surface area contributed by atoms with E-state index >= 15 is 0 Å². The minimum Gasteiger partial charge on any atom is -0.348 e. The lowest BCUT2D eigenvalue weighted by molar-refractivity contribution is -0.642. The average Bonchev–Trinajstić information content (AvgIpc) is 2.37. The van der Waals surface area contributed by atoms with E-state index in [-0.39, 0.29) is 0 Å². The fraction of sp³-hybridized carbons (Fsp3) is 0.684. The molecule has 20 heavy (non-hydrogen) atoms. The summed E-state index contributed by atoms with van der Waals surface area (Å²) in [6.07, 6.45) is 8.96. The van der Waals surface area contributed by atoms with E-state index in [1.807, 2.05) is 0 Å². The molecule has 1 nitrogen and oxygen atoms in total. The molecule has 1 aromatic rings. The Morgan fingerprint density at radius 2 is 1.70 bits per heavy atom. The summed E-state index contributed by atoms with van der Waals surface area (Å²) in [5, 5.41) is 2.44. The van der Waals surface area contributed by atoms with Crippen molar-refractivity contribution in [3.05, 3.63) is 35.4 Å². The van der Waals surface area contributed by atoms with Crippen LogP contribution in [0.3, 0.4) is 0 Å². The Morgan fingerprint density at radius 3 is 2.30 bits per heavy atom. The quantitative estimate of drug-likeness (QED) is 0.869. The van der Waals surface area contributed by atoms with Gasteiger partial charge in [0, 0.05) is 5.41 Å². The Morgan fingerprint density at radius 1 is 1.05 bits per heavy atom. The molecule has 0 aromatic heterocycles. The van der Waals surface area contributed by atoms with Crippen molar-refractivity contribution in [2.24, 2.45) is 17.3 Å². The van der Waals surface area contributed by atoms with Crippen LogP contribution < -0.4 is 5.32 Å². The number of benzene rings is 1. The zero-order chi connectivity index (χ0) is 13.8. The van der Waals surface area contributed by atoms with E-state index in [1.54, 1.807) is 5.56 Å². The third-order valence-electron chi connectivity index (χ3n) is 6.48. The predicted molar refractivity (Wildman–Crippen MR) is 82.7 cm³/mol. The summed E-state index contributed by atoms with van der Waals surface area (Å²) < 4.78 is 0. The first-order chi connectivity index (χ1) is 9.63. The van der Waals surface area contributed by atoms with Crippen LogP contribution in [0.4, 0.5) is 0 Å². The van der Waals surface area contributed by atoms with Gasteiger partial charge in [0.05, 0.1) is 13.6 Å². The van der Waals surface area contributed by atoms with Crippen LogP contribution in [0, 0.1) is 24.2 Å². The molecule has 4 fully saturated rings. The van der Waals surface area contributed by atoms with Gasteiger partial charge in [-0.2, -0.15) is 0 Å². The van der Waals surface area contributed by atoms with Crippen LogP contribution in [0.25, 0.3) is 0 Å². The van der Waals surface area contributed by atoms with Crippen molar-refractivity contribution in [2.75, 3.05) is 13.6 Å². The van der Waals surface area contributed by atoms with Gasteiger partial charge < -0.3 is 5.32 Å². The van der Waals surface area contributed by atoms with Crippen molar-refractivity contribution in [1.29, 1.82) is 0 Å². The minimum atomic E-state index is 0.529. The van der Waals surface area contributed by atoms with E-state index < -0.39 is 0 Å². The van der Waals surface area contributed by atoms with Crippen molar-refractivity contribution in [3.63, 3.8) is 0 Å². The van der Waals surface area contributed by atoms with Crippen LogP contribution in [-0.4, -0.2) is 13.6 Å². The molecule has 1 heteroatoms. The number of nitrogens with two attached hydrogens (primary N) is 1. The smallest absolute Gasteiger partial charge is 0.0810 e. The Hall–Kier alpha value is -0.820. The lowest BCUT2D eigenvalue weighted by Crippen LogP contribution is -2.84. The Bertz CT molecular complexity index is 487. The monoisotopic (exact) mass is 270 g/mol. The molecular formula is C19H28N+. The van der Waals surface area contributed by atoms with Crippen LogP contribution in [-0.2, 0) is 5.41 Å². The van der Waals surface area contributed by atoms with Gasteiger partial charge in [0.15, 0.2) is 0 Å². The number of rotatable bonds is 3. The van der Waals surface area contributed by atoms with E-state index in [9.17, 15) is 0 Å². The molecule has 0 radical (unpaired) electrons. The minimum absolute atomic E-state index is 0.529. The summed E-state index contributed by atoms with van der Waals surface area (Å²) in [5.74, 6) is 2.02. The van der Waals surface area contributed by atoms with Crippen molar-refractivity contribution in [3.8, 4) is 0 Å². The first-order valence-corrected chi connectivity index (χ1v) is 8.48. The Balaban J connectivity index is 1.73. The molecule has 0 spiro atoms. The molecule has 2 N–H and O–H groups in total. The molecule has 0 aliphatic heterocycles. The van der Waals surface area contributed by atoms with Crippen molar-refractivity contribution in [2.45, 2.75) is 50.9 Å². The SMILES string of the molecule is C[NH2+]CC12C[C@H]3C[C@@H](C1)CC(c1ccc(C)cc1)(C3)C2. The molecule has 0 amide bonds. The zero-order valence-corrected chi connectivity index (χ0v) is 13.0. The molecule has 4 aliphatic rings. The maximum atomic E-state index is 2.44. The van der Waals surface area contributed by atoms with Crippen LogP contribution in [0.1, 0.15) is 49.7 Å². The maximum absolute atomic E-state index is 2.44. The van der Waals surface area contributed by atoms with Crippen LogP contribution in [0.2, 0.25) is 0 Å². The van der Waals surface area contributed by atoms with E-state index in [1.165, 1.54) is 50.6 Å². The van der Waals surface area contributed by atoms with Gasteiger partial charge in [-0.3, -0.25) is 0 Å². The van der Waals surface area contributed by atoms with E-state index in [2.05, 4.69) is 43.6 Å². The van der Waals surface area contributed by atoms with E-state index in [4.69, 9.17) is 0 Å². The summed E-state index contributed by atoms with van der Waals surface area (Å²) in [7, 11) is 2.26. The fourth-order valence-corrected chi connectivity index (χ4v) is 6.37. The summed E-state index contributed by atoms with van der Waals surface area (Å²) in [5.41, 5.74) is 4.23. The highest BCUT2D eigenvalue weighted by Gasteiger charge is 2.58. The van der Waals surface area contributed by atoms with Crippen LogP contribution >= 0.6 is 0 Å². The maximum Gasteiger partial charge on any atom is 0.0810 e. The molecule has 2 unspecified atom stereocenters. The van der Waals surface area contributed by atoms with Gasteiger partial charge in [0.2, 0.25) is 0 Å². The van der Waals surface area contributed by atoms with E-state index in [0.29, 0.717) is 10.8 Å². The third-order valence-corrected chi connectivity index (χ3v) is 6.48. The van der Waals surface area contributed by atoms with Crippen LogP contribution in [0.15, 0.2) is 24.3 Å². The molecule has 4 aliphatic carbocycles. The second-order valence-corrected chi connectivity index (χ2v) is 8.22. The highest BCUT2D eigenvalue weighted by Crippen LogP contribution is 2.65. The largest absolute Gasteiger partial charge is 0.348 e. The Labute approximate surface area is 123 Å². The predicted octanol–water partition coefficient (Wildman–Crippen LogP) is 3.03. The highest BCUT2D eigenvalue weighted by atomic mass is 14.8. The molecule has 4 bridgehead atoms. The topological polar surface area (TPSA) is 16.6 Å². The molecule has 4 atom stereocenters. The number of hydrogen-bond acceptors (Lipinski definition) is 0. The first-order valence-electron chi connectivity index (χ1n) is 8.48. The molecular weight excluding hydrogens is 242 g/mol. The third kappa shape index (κ3) is 1.86. The summed E-state index contributed by atoms with van der Waals surface area (Å²) in [6.45, 7) is 3.56. The number of hydrogen-bond donors (Lipinski definition) is 1. The van der Waals surface area contributed by atoms with Gasteiger partial charge in [-0.15, -0.1) is 0 Å². The molecule has 4 saturated carbocycles. The molecule has 0 saturated heterocycles. The van der Waals surface area contributed by atoms with Gasteiger partial charge in [-0.25, -0.2) is 0 Å². The summed E-state index contributed by atoms with van der Waals surface area (Å²) >= 11 is 0. The zero-order valence-electron chi connectivity index (χ0n) is 13.0. The van der Waals surface area contributed by atoms with Gasteiger partial charge in [0.1, 0.15) is 0 Å². The van der Waals surface area contributed by atoms with Gasteiger partial charge in [0.25, 0.3) is 0 Å². The van der Waals surface area contributed by atoms with Crippen LogP contribution in [0.5, 0.6) is 0 Å². The van der Waals surface area contributed by atoms with Gasteiger partial charge in [-0.05, 0) is 68.3 Å². The van der Waals surface area contributed by atoms with Crippen molar-refractivity contribution < 1.29 is 5.32 Å². The number of aryl methyl sites for hydroxylation is 1. The normalized spacial score (nSPS) is 42.1. The lowest BCUT2D eigenvalue weighted by atomic mass is 9.43. The van der Waals surface area contributed by atoms with E-state index in [0.717, 1.165) is 11.8 Å². The van der Waals surface area contributed by atoms with Crippen molar-refractivity contribution >= 4 is 0 Å².